The van der Waals surface area contributed by atoms with Crippen molar-refractivity contribution in [3.05, 3.63) is 59.0 Å². The number of nitrogens with zero attached hydrogens (tertiary/aromatic N) is 3. The number of carbonyl (C=O) groups excluding carboxylic acids is 1. The van der Waals surface area contributed by atoms with Crippen LogP contribution in [-0.4, -0.2) is 35.2 Å². The summed E-state index contributed by atoms with van der Waals surface area (Å²) in [5, 5.41) is 33.0. The van der Waals surface area contributed by atoms with E-state index in [0.717, 1.165) is 11.3 Å². The Morgan fingerprint density at radius 2 is 1.90 bits per heavy atom. The molecule has 29 heavy (non-hydrogen) atoms. The highest BCUT2D eigenvalue weighted by Gasteiger charge is 2.13. The molecule has 3 rings (SSSR count). The zero-order chi connectivity index (χ0) is 21.0. The van der Waals surface area contributed by atoms with Crippen molar-refractivity contribution in [3.63, 3.8) is 0 Å². The van der Waals surface area contributed by atoms with Crippen LogP contribution >= 0.6 is 11.3 Å². The van der Waals surface area contributed by atoms with Crippen molar-refractivity contribution in [2.45, 2.75) is 0 Å². The summed E-state index contributed by atoms with van der Waals surface area (Å²) < 4.78 is 0. The predicted molar refractivity (Wildman–Crippen MR) is 114 cm³/mol. The molecule has 0 saturated carbocycles. The van der Waals surface area contributed by atoms with Crippen LogP contribution in [0, 0.1) is 11.3 Å². The van der Waals surface area contributed by atoms with Crippen LogP contribution in [-0.2, 0) is 4.79 Å². The van der Waals surface area contributed by atoms with E-state index in [1.54, 1.807) is 11.4 Å². The molecule has 0 unspecified atom stereocenters. The minimum atomic E-state index is -0.557. The molecule has 0 aliphatic rings. The minimum absolute atomic E-state index is 0.0402. The second-order valence-electron chi connectivity index (χ2n) is 6.35. The van der Waals surface area contributed by atoms with Crippen molar-refractivity contribution < 1.29 is 15.0 Å². The number of phenolic OH excluding ortho intramolecular Hbond substituents is 2. The molecule has 0 radical (unpaired) electrons. The van der Waals surface area contributed by atoms with E-state index in [1.165, 1.54) is 29.5 Å². The Hall–Kier alpha value is -3.83. The number of carbonyl (C=O) groups is 1. The summed E-state index contributed by atoms with van der Waals surface area (Å²) >= 11 is 1.19. The van der Waals surface area contributed by atoms with Crippen molar-refractivity contribution in [2.75, 3.05) is 24.3 Å². The summed E-state index contributed by atoms with van der Waals surface area (Å²) in [7, 11) is 3.86. The van der Waals surface area contributed by atoms with Crippen LogP contribution in [0.2, 0.25) is 0 Å². The first kappa shape index (κ1) is 19.9. The molecule has 1 heterocycles. The molecule has 0 bridgehead atoms. The predicted octanol–water partition coefficient (Wildman–Crippen LogP) is 3.83. The van der Waals surface area contributed by atoms with Crippen LogP contribution in [0.25, 0.3) is 17.3 Å². The number of hydrogen-bond acceptors (Lipinski definition) is 7. The number of thiazole rings is 1. The number of aromatic nitrogens is 1. The lowest BCUT2D eigenvalue weighted by atomic mass is 10.1. The summed E-state index contributed by atoms with van der Waals surface area (Å²) in [6.07, 6.45) is 1.52. The molecule has 7 nitrogen and oxygen atoms in total. The van der Waals surface area contributed by atoms with Gasteiger partial charge in [0.1, 0.15) is 11.6 Å². The Balaban J connectivity index is 1.75. The molecular weight excluding hydrogens is 388 g/mol. The van der Waals surface area contributed by atoms with Crippen molar-refractivity contribution >= 4 is 34.1 Å². The summed E-state index contributed by atoms with van der Waals surface area (Å²) in [5.74, 6) is -1.03. The van der Waals surface area contributed by atoms with Gasteiger partial charge in [-0.25, -0.2) is 4.98 Å². The Morgan fingerprint density at radius 3 is 2.52 bits per heavy atom. The molecular formula is C21H18N4O3S. The fraction of sp³-hybridized carbons (Fsp3) is 0.0952. The fourth-order valence-corrected chi connectivity index (χ4v) is 3.21. The number of nitriles is 1. The summed E-state index contributed by atoms with van der Waals surface area (Å²) in [5.41, 5.74) is 2.83. The van der Waals surface area contributed by atoms with Gasteiger partial charge in [-0.05, 0) is 42.0 Å². The first-order chi connectivity index (χ1) is 13.9. The van der Waals surface area contributed by atoms with E-state index >= 15 is 0 Å². The number of benzene rings is 2. The third kappa shape index (κ3) is 4.72. The number of amides is 1. The standard InChI is InChI=1S/C21H18N4O3S/c1-25(2)16-6-3-13(4-7-16)9-15(11-22)20(28)24-21-23-17(12-29-21)14-5-8-18(26)19(27)10-14/h3-10,12,26-27H,1-2H3,(H,23,24,28)/b15-9+. The van der Waals surface area contributed by atoms with Gasteiger partial charge in [-0.2, -0.15) is 5.26 Å². The van der Waals surface area contributed by atoms with Crippen LogP contribution in [0.1, 0.15) is 5.56 Å². The zero-order valence-corrected chi connectivity index (χ0v) is 16.6. The smallest absolute Gasteiger partial charge is 0.268 e. The van der Waals surface area contributed by atoms with Gasteiger partial charge < -0.3 is 15.1 Å². The Labute approximate surface area is 171 Å². The summed E-state index contributed by atoms with van der Waals surface area (Å²) in [6, 6.07) is 13.7. The van der Waals surface area contributed by atoms with Crippen molar-refractivity contribution in [1.82, 2.24) is 4.98 Å². The first-order valence-electron chi connectivity index (χ1n) is 8.56. The van der Waals surface area contributed by atoms with Gasteiger partial charge in [0.25, 0.3) is 5.91 Å². The Kier molecular flexibility index (Phi) is 5.81. The van der Waals surface area contributed by atoms with E-state index in [-0.39, 0.29) is 17.1 Å². The van der Waals surface area contributed by atoms with E-state index in [9.17, 15) is 20.3 Å². The van der Waals surface area contributed by atoms with Crippen LogP contribution < -0.4 is 10.2 Å². The van der Waals surface area contributed by atoms with Gasteiger partial charge in [0.05, 0.1) is 5.69 Å². The van der Waals surface area contributed by atoms with Gasteiger partial charge in [0, 0.05) is 30.7 Å². The van der Waals surface area contributed by atoms with Crippen molar-refractivity contribution in [1.29, 1.82) is 5.26 Å². The van der Waals surface area contributed by atoms with E-state index < -0.39 is 5.91 Å². The average Bonchev–Trinajstić information content (AvgIpc) is 3.16. The monoisotopic (exact) mass is 406 g/mol. The van der Waals surface area contributed by atoms with Crippen LogP contribution in [0.15, 0.2) is 53.4 Å². The van der Waals surface area contributed by atoms with Gasteiger partial charge in [-0.1, -0.05) is 12.1 Å². The molecule has 1 amide bonds. The van der Waals surface area contributed by atoms with Gasteiger partial charge >= 0.3 is 0 Å². The topological polar surface area (TPSA) is 109 Å². The SMILES string of the molecule is CN(C)c1ccc(/C=C(\C#N)C(=O)Nc2nc(-c3ccc(O)c(O)c3)cs2)cc1. The third-order valence-electron chi connectivity index (χ3n) is 4.08. The van der Waals surface area contributed by atoms with Crippen LogP contribution in [0.5, 0.6) is 11.5 Å². The quantitative estimate of drug-likeness (QED) is 0.337. The molecule has 3 aromatic rings. The van der Waals surface area contributed by atoms with E-state index in [0.29, 0.717) is 16.4 Å². The molecule has 0 atom stereocenters. The molecule has 1 aromatic heterocycles. The molecule has 0 aliphatic carbocycles. The maximum atomic E-state index is 12.5. The van der Waals surface area contributed by atoms with E-state index in [1.807, 2.05) is 49.3 Å². The van der Waals surface area contributed by atoms with Crippen LogP contribution in [0.4, 0.5) is 10.8 Å². The molecule has 0 aliphatic heterocycles. The molecule has 0 fully saturated rings. The number of rotatable bonds is 5. The molecule has 146 valence electrons. The number of anilines is 2. The maximum Gasteiger partial charge on any atom is 0.268 e. The minimum Gasteiger partial charge on any atom is -0.504 e. The highest BCUT2D eigenvalue weighted by Crippen LogP contribution is 2.32. The van der Waals surface area contributed by atoms with Gasteiger partial charge in [0.15, 0.2) is 16.6 Å². The molecule has 0 saturated heterocycles. The summed E-state index contributed by atoms with van der Waals surface area (Å²) in [4.78, 5) is 18.7. The lowest BCUT2D eigenvalue weighted by Crippen LogP contribution is -2.13. The van der Waals surface area contributed by atoms with E-state index in [4.69, 9.17) is 0 Å². The largest absolute Gasteiger partial charge is 0.504 e. The fourth-order valence-electron chi connectivity index (χ4n) is 2.49. The van der Waals surface area contributed by atoms with Gasteiger partial charge in [-0.15, -0.1) is 11.3 Å². The normalized spacial score (nSPS) is 11.0. The van der Waals surface area contributed by atoms with Gasteiger partial charge in [0.2, 0.25) is 0 Å². The van der Waals surface area contributed by atoms with E-state index in [2.05, 4.69) is 10.3 Å². The Bertz CT molecular complexity index is 1110. The first-order valence-corrected chi connectivity index (χ1v) is 9.44. The number of phenols is 2. The summed E-state index contributed by atoms with van der Waals surface area (Å²) in [6.45, 7) is 0. The zero-order valence-electron chi connectivity index (χ0n) is 15.7. The second-order valence-corrected chi connectivity index (χ2v) is 7.21. The molecule has 2 aromatic carbocycles. The van der Waals surface area contributed by atoms with Gasteiger partial charge in [-0.3, -0.25) is 10.1 Å². The third-order valence-corrected chi connectivity index (χ3v) is 4.84. The highest BCUT2D eigenvalue weighted by molar-refractivity contribution is 7.14. The Morgan fingerprint density at radius 1 is 1.17 bits per heavy atom. The number of aromatic hydroxyl groups is 2. The average molecular weight is 406 g/mol. The van der Waals surface area contributed by atoms with Crippen molar-refractivity contribution in [3.8, 4) is 28.8 Å². The molecule has 3 N–H and O–H groups in total. The molecule has 0 spiro atoms. The van der Waals surface area contributed by atoms with Crippen LogP contribution in [0.3, 0.4) is 0 Å². The van der Waals surface area contributed by atoms with Crippen molar-refractivity contribution in [2.24, 2.45) is 0 Å². The second kappa shape index (κ2) is 8.46. The lowest BCUT2D eigenvalue weighted by Gasteiger charge is -2.11. The molecule has 8 heteroatoms. The number of hydrogen-bond donors (Lipinski definition) is 3. The maximum absolute atomic E-state index is 12.5. The highest BCUT2D eigenvalue weighted by atomic mass is 32.1. The number of nitrogens with one attached hydrogen (secondary N) is 1. The lowest BCUT2D eigenvalue weighted by molar-refractivity contribution is -0.112.